The number of anilines is 1. The molecule has 2 heterocycles. The van der Waals surface area contributed by atoms with Crippen LogP contribution in [0.5, 0.6) is 0 Å². The molecule has 1 fully saturated rings. The molecular weight excluding hydrogens is 461 g/mol. The van der Waals surface area contributed by atoms with Crippen molar-refractivity contribution >= 4 is 23.4 Å². The number of hydrogen-bond acceptors (Lipinski definition) is 4. The van der Waals surface area contributed by atoms with Crippen molar-refractivity contribution in [3.05, 3.63) is 80.9 Å². The fraction of sp³-hybridized carbons (Fsp3) is 0.333. The third-order valence-corrected chi connectivity index (χ3v) is 6.38. The van der Waals surface area contributed by atoms with Gasteiger partial charge in [-0.3, -0.25) is 20.1 Å². The molecule has 0 radical (unpaired) electrons. The van der Waals surface area contributed by atoms with Crippen molar-refractivity contribution < 1.29 is 13.9 Å². The standard InChI is InChI=1S/C24H27ClFN5O3/c1-15-22(31(29-23(15)32)17-6-4-3-5-7-17)28-24(33)27-21-14-30(10-11-34-2)13-18(21)16-8-9-19(25)20(26)12-16/h3-9,12,18,21H,10-11,13-14H2,1-2H3,(H,29,32)(H2,27,28,33)/t18-,21+/m1/s1. The van der Waals surface area contributed by atoms with E-state index in [1.165, 1.54) is 12.1 Å². The molecule has 8 nitrogen and oxygen atoms in total. The number of rotatable bonds is 7. The predicted octanol–water partition coefficient (Wildman–Crippen LogP) is 3.50. The molecule has 3 aromatic rings. The summed E-state index contributed by atoms with van der Waals surface area (Å²) in [6.07, 6.45) is 0. The molecule has 2 amide bonds. The van der Waals surface area contributed by atoms with E-state index < -0.39 is 11.8 Å². The number of nitrogens with zero attached hydrogens (tertiary/aromatic N) is 2. The zero-order valence-corrected chi connectivity index (χ0v) is 19.7. The van der Waals surface area contributed by atoms with Crippen LogP contribution in [0, 0.1) is 12.7 Å². The number of aromatic nitrogens is 2. The highest BCUT2D eigenvalue weighted by Gasteiger charge is 2.35. The average molecular weight is 488 g/mol. The molecule has 0 aliphatic carbocycles. The lowest BCUT2D eigenvalue weighted by atomic mass is 9.94. The maximum absolute atomic E-state index is 14.2. The summed E-state index contributed by atoms with van der Waals surface area (Å²) in [6, 6.07) is 13.2. The van der Waals surface area contributed by atoms with Gasteiger partial charge in [-0.1, -0.05) is 35.9 Å². The number of amides is 2. The van der Waals surface area contributed by atoms with Gasteiger partial charge in [0.1, 0.15) is 11.6 Å². The van der Waals surface area contributed by atoms with Crippen LogP contribution in [0.25, 0.3) is 5.69 Å². The van der Waals surface area contributed by atoms with E-state index in [1.807, 2.05) is 30.3 Å². The van der Waals surface area contributed by atoms with Crippen LogP contribution < -0.4 is 16.2 Å². The summed E-state index contributed by atoms with van der Waals surface area (Å²) in [7, 11) is 1.64. The van der Waals surface area contributed by atoms with Crippen molar-refractivity contribution in [1.82, 2.24) is 20.0 Å². The molecule has 0 bridgehead atoms. The third-order valence-electron chi connectivity index (χ3n) is 6.07. The Morgan fingerprint density at radius 1 is 1.24 bits per heavy atom. The number of benzene rings is 2. The van der Waals surface area contributed by atoms with Crippen molar-refractivity contribution in [3.8, 4) is 5.69 Å². The van der Waals surface area contributed by atoms with Crippen molar-refractivity contribution in [3.63, 3.8) is 0 Å². The Balaban J connectivity index is 1.55. The molecule has 1 aliphatic heterocycles. The van der Waals surface area contributed by atoms with Crippen LogP contribution in [0.3, 0.4) is 0 Å². The number of carbonyl (C=O) groups excluding carboxylic acids is 1. The first-order valence-corrected chi connectivity index (χ1v) is 11.4. The van der Waals surface area contributed by atoms with Gasteiger partial charge in [0.25, 0.3) is 5.56 Å². The highest BCUT2D eigenvalue weighted by atomic mass is 35.5. The van der Waals surface area contributed by atoms with Gasteiger partial charge in [-0.2, -0.15) is 0 Å². The van der Waals surface area contributed by atoms with Crippen LogP contribution in [-0.2, 0) is 4.74 Å². The molecule has 2 aromatic carbocycles. The zero-order valence-electron chi connectivity index (χ0n) is 19.0. The monoisotopic (exact) mass is 487 g/mol. The number of para-hydroxylation sites is 1. The summed E-state index contributed by atoms with van der Waals surface area (Å²) in [5, 5.41) is 8.64. The zero-order chi connectivity index (χ0) is 24.2. The minimum absolute atomic E-state index is 0.0575. The number of hydrogen-bond donors (Lipinski definition) is 3. The van der Waals surface area contributed by atoms with Crippen LogP contribution in [0.1, 0.15) is 17.0 Å². The van der Waals surface area contributed by atoms with Gasteiger partial charge in [0, 0.05) is 32.7 Å². The highest BCUT2D eigenvalue weighted by Crippen LogP contribution is 2.30. The molecular formula is C24H27ClFN5O3. The van der Waals surface area contributed by atoms with E-state index >= 15 is 0 Å². The molecule has 10 heteroatoms. The Morgan fingerprint density at radius 2 is 2.00 bits per heavy atom. The smallest absolute Gasteiger partial charge is 0.320 e. The molecule has 1 saturated heterocycles. The van der Waals surface area contributed by atoms with E-state index in [0.717, 1.165) is 5.56 Å². The van der Waals surface area contributed by atoms with E-state index in [4.69, 9.17) is 16.3 Å². The number of aromatic amines is 1. The van der Waals surface area contributed by atoms with Gasteiger partial charge >= 0.3 is 6.03 Å². The summed E-state index contributed by atoms with van der Waals surface area (Å²) in [4.78, 5) is 27.5. The summed E-state index contributed by atoms with van der Waals surface area (Å²) in [5.41, 5.74) is 1.57. The molecule has 1 aliphatic rings. The van der Waals surface area contributed by atoms with Crippen LogP contribution in [0.2, 0.25) is 5.02 Å². The fourth-order valence-electron chi connectivity index (χ4n) is 4.26. The van der Waals surface area contributed by atoms with E-state index in [-0.39, 0.29) is 22.5 Å². The SMILES string of the molecule is COCCN1C[C@H](NC(=O)Nc2c(C)c(=O)[nH]n2-c2ccccc2)[C@@H](c2ccc(Cl)c(F)c2)C1. The van der Waals surface area contributed by atoms with Gasteiger partial charge in [-0.15, -0.1) is 0 Å². The van der Waals surface area contributed by atoms with E-state index in [2.05, 4.69) is 20.6 Å². The fourth-order valence-corrected chi connectivity index (χ4v) is 4.38. The predicted molar refractivity (Wildman–Crippen MR) is 130 cm³/mol. The van der Waals surface area contributed by atoms with E-state index in [1.54, 1.807) is 24.8 Å². The quantitative estimate of drug-likeness (QED) is 0.475. The van der Waals surface area contributed by atoms with Crippen LogP contribution in [-0.4, -0.2) is 60.1 Å². The van der Waals surface area contributed by atoms with Gasteiger partial charge in [-0.05, 0) is 36.8 Å². The average Bonchev–Trinajstić information content (AvgIpc) is 3.35. The van der Waals surface area contributed by atoms with Crippen LogP contribution >= 0.6 is 11.6 Å². The lowest BCUT2D eigenvalue weighted by Gasteiger charge is -2.21. The van der Waals surface area contributed by atoms with E-state index in [0.29, 0.717) is 43.3 Å². The molecule has 4 rings (SSSR count). The Hall–Kier alpha value is -3.14. The molecule has 0 spiro atoms. The Morgan fingerprint density at radius 3 is 2.71 bits per heavy atom. The summed E-state index contributed by atoms with van der Waals surface area (Å²) in [5.74, 6) is -0.275. The molecule has 2 atom stereocenters. The first-order chi connectivity index (χ1) is 16.4. The summed E-state index contributed by atoms with van der Waals surface area (Å²) in [6.45, 7) is 4.09. The summed E-state index contributed by atoms with van der Waals surface area (Å²) >= 11 is 5.87. The van der Waals surface area contributed by atoms with Gasteiger partial charge in [0.2, 0.25) is 0 Å². The van der Waals surface area contributed by atoms with E-state index in [9.17, 15) is 14.0 Å². The number of likely N-dealkylation sites (tertiary alicyclic amines) is 1. The normalized spacial score (nSPS) is 18.2. The number of urea groups is 1. The topological polar surface area (TPSA) is 91.4 Å². The summed E-state index contributed by atoms with van der Waals surface area (Å²) < 4.78 is 20.9. The Labute approximate surface area is 201 Å². The number of nitrogens with one attached hydrogen (secondary N) is 3. The first kappa shape index (κ1) is 24.0. The van der Waals surface area contributed by atoms with Crippen molar-refractivity contribution in [2.24, 2.45) is 0 Å². The largest absolute Gasteiger partial charge is 0.383 e. The minimum atomic E-state index is -0.493. The van der Waals surface area contributed by atoms with Gasteiger partial charge in [0.05, 0.1) is 28.9 Å². The van der Waals surface area contributed by atoms with Crippen molar-refractivity contribution in [2.45, 2.75) is 18.9 Å². The maximum Gasteiger partial charge on any atom is 0.320 e. The Kier molecular flexibility index (Phi) is 7.35. The molecule has 1 aromatic heterocycles. The van der Waals surface area contributed by atoms with Crippen LogP contribution in [0.4, 0.5) is 15.0 Å². The van der Waals surface area contributed by atoms with Crippen LogP contribution in [0.15, 0.2) is 53.3 Å². The number of H-pyrrole nitrogens is 1. The van der Waals surface area contributed by atoms with Gasteiger partial charge in [0.15, 0.2) is 0 Å². The molecule has 0 unspecified atom stereocenters. The second kappa shape index (κ2) is 10.4. The molecule has 0 saturated carbocycles. The second-order valence-corrected chi connectivity index (χ2v) is 8.73. The number of carbonyl (C=O) groups is 1. The highest BCUT2D eigenvalue weighted by molar-refractivity contribution is 6.30. The number of halogens is 2. The Bertz CT molecular complexity index is 1210. The maximum atomic E-state index is 14.2. The minimum Gasteiger partial charge on any atom is -0.383 e. The van der Waals surface area contributed by atoms with Crippen molar-refractivity contribution in [1.29, 1.82) is 0 Å². The lowest BCUT2D eigenvalue weighted by Crippen LogP contribution is -2.42. The third kappa shape index (κ3) is 5.16. The number of ether oxygens (including phenoxy) is 1. The lowest BCUT2D eigenvalue weighted by molar-refractivity contribution is 0.159. The van der Waals surface area contributed by atoms with Gasteiger partial charge in [-0.25, -0.2) is 13.9 Å². The molecule has 180 valence electrons. The molecule has 34 heavy (non-hydrogen) atoms. The second-order valence-electron chi connectivity index (χ2n) is 8.32. The first-order valence-electron chi connectivity index (χ1n) is 11.0. The molecule has 3 N–H and O–H groups in total. The van der Waals surface area contributed by atoms with Gasteiger partial charge < -0.3 is 10.1 Å². The number of methoxy groups -OCH3 is 1. The van der Waals surface area contributed by atoms with Crippen molar-refractivity contribution in [2.75, 3.05) is 38.7 Å².